The van der Waals surface area contributed by atoms with E-state index in [1.807, 2.05) is 0 Å². The quantitative estimate of drug-likeness (QED) is 0.496. The summed E-state index contributed by atoms with van der Waals surface area (Å²) in [5, 5.41) is 2.07. The van der Waals surface area contributed by atoms with E-state index in [-0.39, 0.29) is 30.1 Å². The van der Waals surface area contributed by atoms with Gasteiger partial charge in [-0.15, -0.1) is 11.3 Å². The Hall–Kier alpha value is -3.20. The minimum atomic E-state index is -0.665. The Bertz CT molecular complexity index is 1050. The topological polar surface area (TPSA) is 85.3 Å². The first kappa shape index (κ1) is 22.0. The lowest BCUT2D eigenvalue weighted by Crippen LogP contribution is -2.43. The Labute approximate surface area is 189 Å². The first-order valence-corrected chi connectivity index (χ1v) is 11.4. The first-order valence-electron chi connectivity index (χ1n) is 10.5. The summed E-state index contributed by atoms with van der Waals surface area (Å²) in [7, 11) is 0. The number of carbonyl (C=O) groups excluding carboxylic acids is 2. The van der Waals surface area contributed by atoms with E-state index in [0.29, 0.717) is 17.4 Å². The molecule has 0 atom stereocenters. The molecule has 0 spiro atoms. The molecule has 4 rings (SSSR count). The van der Waals surface area contributed by atoms with Crippen molar-refractivity contribution in [2.24, 2.45) is 0 Å². The molecule has 0 aliphatic heterocycles. The molecule has 0 radical (unpaired) electrons. The highest BCUT2D eigenvalue weighted by molar-refractivity contribution is 7.13. The largest absolute Gasteiger partial charge is 0.451 e. The monoisotopic (exact) mass is 454 g/mol. The smallest absolute Gasteiger partial charge is 0.358 e. The average molecular weight is 455 g/mol. The van der Waals surface area contributed by atoms with Crippen molar-refractivity contribution >= 4 is 23.2 Å². The number of benzene rings is 1. The summed E-state index contributed by atoms with van der Waals surface area (Å²) in [4.78, 5) is 39.7. The van der Waals surface area contributed by atoms with Gasteiger partial charge in [0, 0.05) is 30.4 Å². The van der Waals surface area contributed by atoms with Crippen molar-refractivity contribution in [3.05, 3.63) is 65.2 Å². The van der Waals surface area contributed by atoms with Gasteiger partial charge in [0.05, 0.1) is 0 Å². The van der Waals surface area contributed by atoms with Crippen LogP contribution in [0.3, 0.4) is 0 Å². The summed E-state index contributed by atoms with van der Waals surface area (Å²) >= 11 is 1.23. The Morgan fingerprint density at radius 2 is 1.81 bits per heavy atom. The van der Waals surface area contributed by atoms with E-state index in [2.05, 4.69) is 15.0 Å². The molecule has 3 aromatic rings. The van der Waals surface area contributed by atoms with E-state index in [0.717, 1.165) is 37.7 Å². The summed E-state index contributed by atoms with van der Waals surface area (Å²) in [6, 6.07) is 7.90. The van der Waals surface area contributed by atoms with Gasteiger partial charge in [0.15, 0.2) is 23.1 Å². The number of esters is 1. The summed E-state index contributed by atoms with van der Waals surface area (Å²) in [6.07, 6.45) is 8.28. The number of hydrogen-bond acceptors (Lipinski definition) is 7. The number of amides is 1. The third kappa shape index (κ3) is 5.53. The fourth-order valence-electron chi connectivity index (χ4n) is 3.76. The second kappa shape index (κ2) is 10.4. The van der Waals surface area contributed by atoms with E-state index in [1.165, 1.54) is 23.5 Å². The fraction of sp³-hybridized carbons (Fsp3) is 0.348. The summed E-state index contributed by atoms with van der Waals surface area (Å²) in [5.41, 5.74) is 0.955. The number of thiazole rings is 1. The molecule has 1 saturated carbocycles. The second-order valence-corrected chi connectivity index (χ2v) is 8.48. The van der Waals surface area contributed by atoms with Crippen LogP contribution < -0.4 is 0 Å². The Morgan fingerprint density at radius 3 is 2.53 bits per heavy atom. The van der Waals surface area contributed by atoms with Gasteiger partial charge in [-0.05, 0) is 36.6 Å². The van der Waals surface area contributed by atoms with Crippen LogP contribution in [0.25, 0.3) is 10.8 Å². The number of nitrogens with zero attached hydrogens (tertiary/aromatic N) is 4. The minimum Gasteiger partial charge on any atom is -0.451 e. The summed E-state index contributed by atoms with van der Waals surface area (Å²) in [5.74, 6) is -0.823. The highest BCUT2D eigenvalue weighted by atomic mass is 32.1. The van der Waals surface area contributed by atoms with Gasteiger partial charge >= 0.3 is 5.97 Å². The minimum absolute atomic E-state index is 0.0844. The van der Waals surface area contributed by atoms with E-state index >= 15 is 0 Å². The van der Waals surface area contributed by atoms with Crippen LogP contribution in [0, 0.1) is 5.82 Å². The van der Waals surface area contributed by atoms with Crippen molar-refractivity contribution in [2.75, 3.05) is 6.61 Å². The van der Waals surface area contributed by atoms with Gasteiger partial charge in [-0.25, -0.2) is 24.1 Å². The van der Waals surface area contributed by atoms with E-state index < -0.39 is 5.97 Å². The SMILES string of the molecule is O=C(OCC(=O)N(Cc1ccc(F)cc1)C1CCCCC1)c1csc(-c2ncccn2)n1. The fourth-order valence-corrected chi connectivity index (χ4v) is 4.50. The highest BCUT2D eigenvalue weighted by Crippen LogP contribution is 2.25. The van der Waals surface area contributed by atoms with E-state index in [4.69, 9.17) is 4.74 Å². The molecule has 1 aliphatic carbocycles. The van der Waals surface area contributed by atoms with Crippen LogP contribution in [-0.2, 0) is 16.1 Å². The molecular weight excluding hydrogens is 431 g/mol. The molecule has 0 bridgehead atoms. The third-order valence-electron chi connectivity index (χ3n) is 5.40. The molecule has 2 aromatic heterocycles. The van der Waals surface area contributed by atoms with Crippen LogP contribution in [0.4, 0.5) is 4.39 Å². The molecule has 0 N–H and O–H groups in total. The number of halogens is 1. The van der Waals surface area contributed by atoms with Gasteiger partial charge in [-0.2, -0.15) is 0 Å². The normalized spacial score (nSPS) is 14.2. The predicted octanol–water partition coefficient (Wildman–Crippen LogP) is 4.26. The molecule has 1 aromatic carbocycles. The molecule has 9 heteroatoms. The number of carbonyl (C=O) groups is 2. The van der Waals surface area contributed by atoms with Gasteiger partial charge in [0.25, 0.3) is 5.91 Å². The van der Waals surface area contributed by atoms with Crippen LogP contribution in [0.15, 0.2) is 48.1 Å². The molecule has 2 heterocycles. The Balaban J connectivity index is 1.40. The lowest BCUT2D eigenvalue weighted by atomic mass is 9.93. The Kier molecular flexibility index (Phi) is 7.16. The second-order valence-electron chi connectivity index (χ2n) is 7.63. The van der Waals surface area contributed by atoms with Gasteiger partial charge in [0.2, 0.25) is 0 Å². The number of aromatic nitrogens is 3. The van der Waals surface area contributed by atoms with Crippen LogP contribution in [-0.4, -0.2) is 44.4 Å². The molecule has 0 saturated heterocycles. The molecule has 1 amide bonds. The van der Waals surface area contributed by atoms with E-state index in [9.17, 15) is 14.0 Å². The zero-order valence-electron chi connectivity index (χ0n) is 17.4. The maximum atomic E-state index is 13.3. The molecule has 7 nitrogen and oxygen atoms in total. The predicted molar refractivity (Wildman–Crippen MR) is 117 cm³/mol. The molecule has 1 fully saturated rings. The summed E-state index contributed by atoms with van der Waals surface area (Å²) < 4.78 is 18.5. The zero-order valence-corrected chi connectivity index (χ0v) is 18.3. The highest BCUT2D eigenvalue weighted by Gasteiger charge is 2.27. The van der Waals surface area contributed by atoms with Crippen molar-refractivity contribution in [3.63, 3.8) is 0 Å². The third-order valence-corrected chi connectivity index (χ3v) is 6.24. The van der Waals surface area contributed by atoms with Gasteiger partial charge < -0.3 is 9.64 Å². The Morgan fingerprint density at radius 1 is 1.09 bits per heavy atom. The van der Waals surface area contributed by atoms with Crippen LogP contribution in [0.2, 0.25) is 0 Å². The zero-order chi connectivity index (χ0) is 22.3. The molecule has 32 heavy (non-hydrogen) atoms. The van der Waals surface area contributed by atoms with Gasteiger partial charge in [-0.3, -0.25) is 4.79 Å². The summed E-state index contributed by atoms with van der Waals surface area (Å²) in [6.45, 7) is -0.0151. The molecule has 0 unspecified atom stereocenters. The maximum Gasteiger partial charge on any atom is 0.358 e. The first-order chi connectivity index (χ1) is 15.6. The molecular formula is C23H23FN4O3S. The van der Waals surface area contributed by atoms with E-state index in [1.54, 1.807) is 40.9 Å². The average Bonchev–Trinajstić information content (AvgIpc) is 3.34. The van der Waals surface area contributed by atoms with Crippen molar-refractivity contribution in [3.8, 4) is 10.8 Å². The number of hydrogen-bond donors (Lipinski definition) is 0. The van der Waals surface area contributed by atoms with Crippen LogP contribution in [0.5, 0.6) is 0 Å². The van der Waals surface area contributed by atoms with Crippen molar-refractivity contribution < 1.29 is 18.7 Å². The standard InChI is InChI=1S/C23H23FN4O3S/c24-17-9-7-16(8-10-17)13-28(18-5-2-1-3-6-18)20(29)14-31-23(30)19-15-32-22(27-19)21-25-11-4-12-26-21/h4,7-12,15,18H,1-3,5-6,13-14H2. The van der Waals surface area contributed by atoms with Crippen molar-refractivity contribution in [2.45, 2.75) is 44.7 Å². The molecule has 166 valence electrons. The number of ether oxygens (including phenoxy) is 1. The lowest BCUT2D eigenvalue weighted by Gasteiger charge is -2.34. The maximum absolute atomic E-state index is 13.3. The van der Waals surface area contributed by atoms with Crippen molar-refractivity contribution in [1.29, 1.82) is 0 Å². The van der Waals surface area contributed by atoms with Crippen molar-refractivity contribution in [1.82, 2.24) is 19.9 Å². The number of rotatable bonds is 7. The van der Waals surface area contributed by atoms with Crippen LogP contribution >= 0.6 is 11.3 Å². The molecule has 1 aliphatic rings. The van der Waals surface area contributed by atoms with Gasteiger partial charge in [-0.1, -0.05) is 31.4 Å². The lowest BCUT2D eigenvalue weighted by molar-refractivity contribution is -0.138. The van der Waals surface area contributed by atoms with Crippen LogP contribution in [0.1, 0.15) is 48.2 Å². The van der Waals surface area contributed by atoms with Gasteiger partial charge in [0.1, 0.15) is 5.82 Å².